The van der Waals surface area contributed by atoms with E-state index in [0.29, 0.717) is 5.54 Å². The van der Waals surface area contributed by atoms with Crippen molar-refractivity contribution in [3.8, 4) is 0 Å². The molecule has 0 atom stereocenters. The standard InChI is InChI=1S/C16H37NSi/c1-7-10-13-16(14-11-8-2,15-12-9-3)17-18(4,5)6/h17H,7-15H2,1-6H3. The maximum absolute atomic E-state index is 4.11. The smallest absolute Gasteiger partial charge is 0.116 e. The molecule has 0 aliphatic carbocycles. The van der Waals surface area contributed by atoms with Gasteiger partial charge in [-0.1, -0.05) is 78.9 Å². The van der Waals surface area contributed by atoms with Crippen LogP contribution in [0.5, 0.6) is 0 Å². The van der Waals surface area contributed by atoms with E-state index in [4.69, 9.17) is 0 Å². The van der Waals surface area contributed by atoms with Crippen molar-refractivity contribution in [3.63, 3.8) is 0 Å². The Bertz CT molecular complexity index is 174. The van der Waals surface area contributed by atoms with Crippen molar-refractivity contribution in [1.82, 2.24) is 4.98 Å². The van der Waals surface area contributed by atoms with Crippen LogP contribution in [0.15, 0.2) is 0 Å². The third kappa shape index (κ3) is 8.31. The molecule has 0 radical (unpaired) electrons. The molecule has 0 saturated carbocycles. The Kier molecular flexibility index (Phi) is 9.23. The highest BCUT2D eigenvalue weighted by molar-refractivity contribution is 6.73. The quantitative estimate of drug-likeness (QED) is 0.474. The zero-order valence-corrected chi connectivity index (χ0v) is 14.9. The summed E-state index contributed by atoms with van der Waals surface area (Å²) in [5, 5.41) is 0. The van der Waals surface area contributed by atoms with Gasteiger partial charge in [0.25, 0.3) is 0 Å². The Morgan fingerprint density at radius 2 is 1.06 bits per heavy atom. The minimum atomic E-state index is -1.19. The van der Waals surface area contributed by atoms with Crippen LogP contribution in [0.2, 0.25) is 19.6 Å². The summed E-state index contributed by atoms with van der Waals surface area (Å²) in [6, 6.07) is 0. The van der Waals surface area contributed by atoms with E-state index >= 15 is 0 Å². The first-order valence-corrected chi connectivity index (χ1v) is 11.7. The first kappa shape index (κ1) is 18.2. The van der Waals surface area contributed by atoms with Crippen molar-refractivity contribution in [2.24, 2.45) is 0 Å². The zero-order valence-electron chi connectivity index (χ0n) is 13.9. The van der Waals surface area contributed by atoms with Crippen molar-refractivity contribution >= 4 is 8.24 Å². The van der Waals surface area contributed by atoms with Gasteiger partial charge in [-0.05, 0) is 19.3 Å². The molecule has 0 amide bonds. The molecule has 0 heterocycles. The maximum atomic E-state index is 4.11. The minimum absolute atomic E-state index is 0.451. The van der Waals surface area contributed by atoms with Crippen LogP contribution >= 0.6 is 0 Å². The molecule has 110 valence electrons. The SMILES string of the molecule is CCCCC(CCCC)(CCCC)N[Si](C)(C)C. The van der Waals surface area contributed by atoms with Crippen LogP contribution in [0, 0.1) is 0 Å². The van der Waals surface area contributed by atoms with Crippen LogP contribution in [-0.4, -0.2) is 13.8 Å². The molecule has 0 fully saturated rings. The third-order valence-corrected chi connectivity index (χ3v) is 4.95. The van der Waals surface area contributed by atoms with E-state index in [0.717, 1.165) is 0 Å². The molecular weight excluding hydrogens is 234 g/mol. The van der Waals surface area contributed by atoms with E-state index in [1.54, 1.807) is 0 Å². The van der Waals surface area contributed by atoms with Gasteiger partial charge in [-0.2, -0.15) is 0 Å². The predicted octanol–water partition coefficient (Wildman–Crippen LogP) is 5.72. The molecule has 0 rings (SSSR count). The molecule has 0 aliphatic rings. The van der Waals surface area contributed by atoms with Gasteiger partial charge in [0.1, 0.15) is 8.24 Å². The number of hydrogen-bond donors (Lipinski definition) is 1. The Balaban J connectivity index is 4.73. The summed E-state index contributed by atoms with van der Waals surface area (Å²) in [7, 11) is -1.19. The summed E-state index contributed by atoms with van der Waals surface area (Å²) < 4.78 is 0. The van der Waals surface area contributed by atoms with E-state index in [2.05, 4.69) is 45.4 Å². The monoisotopic (exact) mass is 271 g/mol. The highest BCUT2D eigenvalue weighted by atomic mass is 28.3. The predicted molar refractivity (Wildman–Crippen MR) is 87.8 cm³/mol. The highest BCUT2D eigenvalue weighted by Gasteiger charge is 2.32. The lowest BCUT2D eigenvalue weighted by Gasteiger charge is -2.41. The van der Waals surface area contributed by atoms with E-state index in [1.807, 2.05) is 0 Å². The summed E-state index contributed by atoms with van der Waals surface area (Å²) >= 11 is 0. The van der Waals surface area contributed by atoms with Gasteiger partial charge in [0.05, 0.1) is 0 Å². The van der Waals surface area contributed by atoms with Gasteiger partial charge in [-0.25, -0.2) is 0 Å². The van der Waals surface area contributed by atoms with Crippen LogP contribution in [0.25, 0.3) is 0 Å². The molecule has 18 heavy (non-hydrogen) atoms. The lowest BCUT2D eigenvalue weighted by atomic mass is 9.83. The average molecular weight is 272 g/mol. The Morgan fingerprint density at radius 1 is 0.722 bits per heavy atom. The van der Waals surface area contributed by atoms with Gasteiger partial charge in [0, 0.05) is 5.54 Å². The molecule has 0 aliphatic heterocycles. The lowest BCUT2D eigenvalue weighted by Crippen LogP contribution is -2.57. The number of hydrogen-bond acceptors (Lipinski definition) is 1. The van der Waals surface area contributed by atoms with Crippen LogP contribution in [0.1, 0.15) is 78.6 Å². The van der Waals surface area contributed by atoms with Crippen molar-refractivity contribution in [3.05, 3.63) is 0 Å². The van der Waals surface area contributed by atoms with Gasteiger partial charge < -0.3 is 4.98 Å². The molecule has 0 aromatic carbocycles. The van der Waals surface area contributed by atoms with Crippen molar-refractivity contribution in [2.45, 2.75) is 104 Å². The third-order valence-electron chi connectivity index (χ3n) is 3.67. The first-order chi connectivity index (χ1) is 8.39. The van der Waals surface area contributed by atoms with Gasteiger partial charge in [0.15, 0.2) is 0 Å². The second-order valence-corrected chi connectivity index (χ2v) is 11.7. The summed E-state index contributed by atoms with van der Waals surface area (Å²) in [6.45, 7) is 14.3. The van der Waals surface area contributed by atoms with Gasteiger partial charge in [-0.3, -0.25) is 0 Å². The molecule has 1 N–H and O–H groups in total. The molecule has 0 aromatic heterocycles. The molecule has 0 bridgehead atoms. The maximum Gasteiger partial charge on any atom is 0.116 e. The highest BCUT2D eigenvalue weighted by Crippen LogP contribution is 2.29. The van der Waals surface area contributed by atoms with E-state index in [-0.39, 0.29) is 0 Å². The molecular formula is C16H37NSi. The summed E-state index contributed by atoms with van der Waals surface area (Å²) in [5.41, 5.74) is 0.451. The van der Waals surface area contributed by atoms with Crippen LogP contribution < -0.4 is 4.98 Å². The van der Waals surface area contributed by atoms with Crippen molar-refractivity contribution in [1.29, 1.82) is 0 Å². The average Bonchev–Trinajstić information content (AvgIpc) is 2.29. The molecule has 0 aromatic rings. The Morgan fingerprint density at radius 3 is 1.28 bits per heavy atom. The van der Waals surface area contributed by atoms with Gasteiger partial charge in [-0.15, -0.1) is 0 Å². The largest absolute Gasteiger partial charge is 0.332 e. The normalized spacial score (nSPS) is 13.0. The number of rotatable bonds is 11. The van der Waals surface area contributed by atoms with E-state index in [9.17, 15) is 0 Å². The number of unbranched alkanes of at least 4 members (excludes halogenated alkanes) is 3. The van der Waals surface area contributed by atoms with E-state index in [1.165, 1.54) is 57.8 Å². The lowest BCUT2D eigenvalue weighted by molar-refractivity contribution is 0.280. The molecule has 0 unspecified atom stereocenters. The Labute approximate surface area is 117 Å². The van der Waals surface area contributed by atoms with Gasteiger partial charge in [0.2, 0.25) is 0 Å². The molecule has 1 nitrogen and oxygen atoms in total. The number of nitrogens with one attached hydrogen (secondary N) is 1. The first-order valence-electron chi connectivity index (χ1n) is 8.18. The fourth-order valence-electron chi connectivity index (χ4n) is 2.90. The topological polar surface area (TPSA) is 12.0 Å². The summed E-state index contributed by atoms with van der Waals surface area (Å²) in [4.78, 5) is 4.11. The summed E-state index contributed by atoms with van der Waals surface area (Å²) in [5.74, 6) is 0. The fourth-order valence-corrected chi connectivity index (χ4v) is 4.87. The second kappa shape index (κ2) is 9.14. The van der Waals surface area contributed by atoms with Crippen LogP contribution in [-0.2, 0) is 0 Å². The minimum Gasteiger partial charge on any atom is -0.332 e. The fraction of sp³-hybridized carbons (Fsp3) is 1.00. The Hall–Kier alpha value is 0.177. The van der Waals surface area contributed by atoms with Gasteiger partial charge >= 0.3 is 0 Å². The van der Waals surface area contributed by atoms with Crippen molar-refractivity contribution in [2.75, 3.05) is 0 Å². The molecule has 0 saturated heterocycles. The molecule has 0 spiro atoms. The van der Waals surface area contributed by atoms with Crippen LogP contribution in [0.4, 0.5) is 0 Å². The van der Waals surface area contributed by atoms with Crippen molar-refractivity contribution < 1.29 is 0 Å². The zero-order chi connectivity index (χ0) is 14.1. The van der Waals surface area contributed by atoms with Crippen LogP contribution in [0.3, 0.4) is 0 Å². The van der Waals surface area contributed by atoms with E-state index < -0.39 is 8.24 Å². The molecule has 2 heteroatoms. The summed E-state index contributed by atoms with van der Waals surface area (Å²) in [6.07, 6.45) is 12.3. The second-order valence-electron chi connectivity index (χ2n) is 6.97.